The van der Waals surface area contributed by atoms with Crippen LogP contribution in [0.4, 0.5) is 0 Å². The summed E-state index contributed by atoms with van der Waals surface area (Å²) >= 11 is 0. The van der Waals surface area contributed by atoms with Crippen LogP contribution in [0, 0.1) is 0 Å². The summed E-state index contributed by atoms with van der Waals surface area (Å²) in [5.41, 5.74) is 0.987. The molecule has 0 unspecified atom stereocenters. The zero-order valence-electron chi connectivity index (χ0n) is 5.42. The van der Waals surface area contributed by atoms with Gasteiger partial charge in [0.2, 0.25) is 0 Å². The van der Waals surface area contributed by atoms with E-state index in [1.165, 1.54) is 5.41 Å². The Labute approximate surface area is 55.5 Å². The first kappa shape index (κ1) is 6.81. The molecule has 0 bridgehead atoms. The van der Waals surface area contributed by atoms with Gasteiger partial charge < -0.3 is 0 Å². The van der Waals surface area contributed by atoms with Gasteiger partial charge in [-0.1, -0.05) is 5.57 Å². The zero-order valence-corrected chi connectivity index (χ0v) is 6.24. The maximum absolute atomic E-state index is 10.8. The average molecular weight is 146 g/mol. The zero-order chi connectivity index (χ0) is 6.91. The van der Waals surface area contributed by atoms with E-state index in [-0.39, 0.29) is 0 Å². The summed E-state index contributed by atoms with van der Waals surface area (Å²) in [6.45, 7) is 1.86. The molecule has 52 valence electrons. The standard InChI is InChI=1S/C6H10O2S/c1-6-3-2-4-9(7,8)5-6/h5H,2-4H2,1H3. The van der Waals surface area contributed by atoms with Crippen LogP contribution >= 0.6 is 0 Å². The maximum atomic E-state index is 10.8. The molecule has 0 spiro atoms. The first-order valence-electron chi connectivity index (χ1n) is 3.00. The van der Waals surface area contributed by atoms with Crippen molar-refractivity contribution in [3.05, 3.63) is 11.0 Å². The van der Waals surface area contributed by atoms with Crippen LogP contribution in [0.15, 0.2) is 11.0 Å². The molecule has 0 aromatic carbocycles. The van der Waals surface area contributed by atoms with Crippen molar-refractivity contribution < 1.29 is 8.42 Å². The normalized spacial score (nSPS) is 25.2. The second kappa shape index (κ2) is 2.14. The molecule has 2 nitrogen and oxygen atoms in total. The molecule has 1 heterocycles. The topological polar surface area (TPSA) is 34.1 Å². The molecule has 1 aliphatic heterocycles. The van der Waals surface area contributed by atoms with Gasteiger partial charge in [-0.25, -0.2) is 8.42 Å². The van der Waals surface area contributed by atoms with E-state index in [2.05, 4.69) is 0 Å². The summed E-state index contributed by atoms with van der Waals surface area (Å²) in [5.74, 6) is 0.338. The Hall–Kier alpha value is -0.310. The number of allylic oxidation sites excluding steroid dienone is 1. The third-order valence-corrected chi connectivity index (χ3v) is 3.00. The van der Waals surface area contributed by atoms with Gasteiger partial charge in [0.25, 0.3) is 0 Å². The van der Waals surface area contributed by atoms with Crippen molar-refractivity contribution in [3.63, 3.8) is 0 Å². The predicted molar refractivity (Wildman–Crippen MR) is 36.8 cm³/mol. The molecule has 0 saturated carbocycles. The summed E-state index contributed by atoms with van der Waals surface area (Å²) in [5, 5.41) is 1.39. The molecule has 0 fully saturated rings. The quantitative estimate of drug-likeness (QED) is 0.513. The van der Waals surface area contributed by atoms with E-state index in [1.807, 2.05) is 6.92 Å². The van der Waals surface area contributed by atoms with Gasteiger partial charge in [0, 0.05) is 5.41 Å². The molecular weight excluding hydrogens is 136 g/mol. The summed E-state index contributed by atoms with van der Waals surface area (Å²) < 4.78 is 21.6. The van der Waals surface area contributed by atoms with Crippen LogP contribution in [0.2, 0.25) is 0 Å². The van der Waals surface area contributed by atoms with Gasteiger partial charge >= 0.3 is 0 Å². The van der Waals surface area contributed by atoms with Gasteiger partial charge in [0.1, 0.15) is 0 Å². The van der Waals surface area contributed by atoms with Crippen molar-refractivity contribution >= 4 is 9.84 Å². The highest BCUT2D eigenvalue weighted by Crippen LogP contribution is 2.14. The van der Waals surface area contributed by atoms with Crippen LogP contribution in [-0.2, 0) is 9.84 Å². The molecule has 0 amide bonds. The lowest BCUT2D eigenvalue weighted by atomic mass is 10.2. The summed E-state index contributed by atoms with van der Waals surface area (Å²) in [4.78, 5) is 0. The van der Waals surface area contributed by atoms with Crippen molar-refractivity contribution in [1.29, 1.82) is 0 Å². The third kappa shape index (κ3) is 1.82. The number of sulfone groups is 1. The molecule has 3 heteroatoms. The largest absolute Gasteiger partial charge is 0.224 e. The first-order valence-corrected chi connectivity index (χ1v) is 4.72. The van der Waals surface area contributed by atoms with Crippen LogP contribution in [-0.4, -0.2) is 14.2 Å². The minimum Gasteiger partial charge on any atom is -0.224 e. The lowest BCUT2D eigenvalue weighted by Crippen LogP contribution is -2.07. The number of hydrogen-bond donors (Lipinski definition) is 0. The third-order valence-electron chi connectivity index (χ3n) is 1.38. The Morgan fingerprint density at radius 2 is 2.22 bits per heavy atom. The molecule has 1 rings (SSSR count). The fourth-order valence-corrected chi connectivity index (χ4v) is 2.37. The molecule has 0 atom stereocenters. The van der Waals surface area contributed by atoms with Crippen molar-refractivity contribution in [2.45, 2.75) is 19.8 Å². The maximum Gasteiger partial charge on any atom is 0.171 e. The van der Waals surface area contributed by atoms with E-state index in [0.29, 0.717) is 5.75 Å². The average Bonchev–Trinajstić information content (AvgIpc) is 1.60. The molecule has 0 N–H and O–H groups in total. The van der Waals surface area contributed by atoms with Gasteiger partial charge in [-0.2, -0.15) is 0 Å². The Bertz CT molecular complexity index is 223. The van der Waals surface area contributed by atoms with E-state index in [9.17, 15) is 8.42 Å². The Kier molecular flexibility index (Phi) is 1.62. The van der Waals surface area contributed by atoms with Gasteiger partial charge in [0.05, 0.1) is 5.75 Å². The SMILES string of the molecule is CC1=CS(=O)(=O)CCC1. The molecular formula is C6H10O2S. The van der Waals surface area contributed by atoms with E-state index in [0.717, 1.165) is 18.4 Å². The minimum atomic E-state index is -2.79. The fraction of sp³-hybridized carbons (Fsp3) is 0.667. The monoisotopic (exact) mass is 146 g/mol. The van der Waals surface area contributed by atoms with Gasteiger partial charge in [0.15, 0.2) is 9.84 Å². The number of rotatable bonds is 0. The van der Waals surface area contributed by atoms with Crippen molar-refractivity contribution in [3.8, 4) is 0 Å². The molecule has 0 radical (unpaired) electrons. The second-order valence-electron chi connectivity index (χ2n) is 2.43. The summed E-state index contributed by atoms with van der Waals surface area (Å²) in [7, 11) is -2.79. The molecule has 1 aliphatic rings. The van der Waals surface area contributed by atoms with E-state index >= 15 is 0 Å². The Morgan fingerprint density at radius 1 is 1.56 bits per heavy atom. The van der Waals surface area contributed by atoms with Crippen LogP contribution < -0.4 is 0 Å². The molecule has 0 aromatic rings. The molecule has 0 aliphatic carbocycles. The number of hydrogen-bond acceptors (Lipinski definition) is 2. The Morgan fingerprint density at radius 3 is 2.56 bits per heavy atom. The van der Waals surface area contributed by atoms with Crippen LogP contribution in [0.1, 0.15) is 19.8 Å². The Balaban J connectivity index is 2.95. The lowest BCUT2D eigenvalue weighted by Gasteiger charge is -2.07. The first-order chi connectivity index (χ1) is 4.10. The minimum absolute atomic E-state index is 0.338. The fourth-order valence-electron chi connectivity index (χ4n) is 0.977. The second-order valence-corrected chi connectivity index (χ2v) is 4.40. The van der Waals surface area contributed by atoms with E-state index in [1.54, 1.807) is 0 Å². The molecule has 0 saturated heterocycles. The van der Waals surface area contributed by atoms with E-state index in [4.69, 9.17) is 0 Å². The van der Waals surface area contributed by atoms with E-state index < -0.39 is 9.84 Å². The highest BCUT2D eigenvalue weighted by atomic mass is 32.2. The van der Waals surface area contributed by atoms with Crippen molar-refractivity contribution in [2.75, 3.05) is 5.75 Å². The highest BCUT2D eigenvalue weighted by Gasteiger charge is 2.11. The van der Waals surface area contributed by atoms with Crippen LogP contribution in [0.3, 0.4) is 0 Å². The lowest BCUT2D eigenvalue weighted by molar-refractivity contribution is 0.598. The van der Waals surface area contributed by atoms with Gasteiger partial charge in [-0.3, -0.25) is 0 Å². The van der Waals surface area contributed by atoms with Gasteiger partial charge in [-0.15, -0.1) is 0 Å². The van der Waals surface area contributed by atoms with Crippen LogP contribution in [0.5, 0.6) is 0 Å². The molecule has 0 aromatic heterocycles. The van der Waals surface area contributed by atoms with Crippen LogP contribution in [0.25, 0.3) is 0 Å². The predicted octanol–water partition coefficient (Wildman–Crippen LogP) is 1.10. The van der Waals surface area contributed by atoms with Crippen molar-refractivity contribution in [2.24, 2.45) is 0 Å². The smallest absolute Gasteiger partial charge is 0.171 e. The summed E-state index contributed by atoms with van der Waals surface area (Å²) in [6, 6.07) is 0. The van der Waals surface area contributed by atoms with Gasteiger partial charge in [-0.05, 0) is 19.8 Å². The van der Waals surface area contributed by atoms with Crippen molar-refractivity contribution in [1.82, 2.24) is 0 Å². The summed E-state index contributed by atoms with van der Waals surface area (Å²) in [6.07, 6.45) is 1.74. The highest BCUT2D eigenvalue weighted by molar-refractivity contribution is 7.94. The molecule has 9 heavy (non-hydrogen) atoms.